The molecule has 10 aromatic rings. The Morgan fingerprint density at radius 2 is 0.917 bits per heavy atom. The first kappa shape index (κ1) is 26.8. The highest BCUT2D eigenvalue weighted by atomic mass is 16.3. The van der Waals surface area contributed by atoms with Gasteiger partial charge in [-0.05, 0) is 97.4 Å². The average molecular weight is 612 g/mol. The Bertz CT molecular complexity index is 2850. The van der Waals surface area contributed by atoms with E-state index in [4.69, 9.17) is 4.42 Å². The standard InChI is InChI=1S/C46H29NO/c1-2-15-33(16-3-1)47(34-22-23-41-43-26-30-12-4-5-13-31(30)28-45(43)48-46(41)29-34)44-25-24-39(37-19-10-11-21-40(37)44)42-27-32-14-6-7-17-35(32)36-18-8-9-20-38(36)42/h1-29H. The van der Waals surface area contributed by atoms with E-state index >= 15 is 0 Å². The van der Waals surface area contributed by atoms with Crippen LogP contribution >= 0.6 is 0 Å². The molecule has 0 aliphatic heterocycles. The van der Waals surface area contributed by atoms with Gasteiger partial charge in [-0.2, -0.15) is 0 Å². The van der Waals surface area contributed by atoms with E-state index in [-0.39, 0.29) is 0 Å². The number of hydrogen-bond donors (Lipinski definition) is 0. The van der Waals surface area contributed by atoms with Crippen molar-refractivity contribution in [2.75, 3.05) is 4.90 Å². The van der Waals surface area contributed by atoms with Gasteiger partial charge >= 0.3 is 0 Å². The molecule has 1 aromatic heterocycles. The molecule has 0 aliphatic rings. The molecule has 0 unspecified atom stereocenters. The predicted molar refractivity (Wildman–Crippen MR) is 204 cm³/mol. The summed E-state index contributed by atoms with van der Waals surface area (Å²) >= 11 is 0. The van der Waals surface area contributed by atoms with Crippen molar-refractivity contribution in [2.24, 2.45) is 0 Å². The first-order valence-corrected chi connectivity index (χ1v) is 16.4. The highest BCUT2D eigenvalue weighted by molar-refractivity contribution is 6.18. The molecule has 0 spiro atoms. The minimum absolute atomic E-state index is 0.877. The molecule has 48 heavy (non-hydrogen) atoms. The third-order valence-corrected chi connectivity index (χ3v) is 9.80. The van der Waals surface area contributed by atoms with Gasteiger partial charge in [-0.25, -0.2) is 0 Å². The Hall–Kier alpha value is -6.38. The number of fused-ring (bicyclic) bond motifs is 8. The molecule has 224 valence electrons. The van der Waals surface area contributed by atoms with Crippen molar-refractivity contribution < 1.29 is 4.42 Å². The molecule has 0 bridgehead atoms. The van der Waals surface area contributed by atoms with Crippen LogP contribution in [0, 0.1) is 0 Å². The maximum absolute atomic E-state index is 6.54. The number of nitrogens with zero attached hydrogens (tertiary/aromatic N) is 1. The molecule has 1 heterocycles. The van der Waals surface area contributed by atoms with Crippen molar-refractivity contribution in [1.82, 2.24) is 0 Å². The zero-order valence-corrected chi connectivity index (χ0v) is 26.1. The fraction of sp³-hybridized carbons (Fsp3) is 0. The number of anilines is 3. The minimum Gasteiger partial charge on any atom is -0.456 e. The zero-order chi connectivity index (χ0) is 31.6. The van der Waals surface area contributed by atoms with E-state index in [1.807, 2.05) is 0 Å². The fourth-order valence-corrected chi connectivity index (χ4v) is 7.58. The number of furan rings is 1. The lowest BCUT2D eigenvalue weighted by Gasteiger charge is -2.27. The fourth-order valence-electron chi connectivity index (χ4n) is 7.58. The Labute approximate surface area is 277 Å². The average Bonchev–Trinajstić information content (AvgIpc) is 3.50. The number of hydrogen-bond acceptors (Lipinski definition) is 2. The summed E-state index contributed by atoms with van der Waals surface area (Å²) < 4.78 is 6.54. The normalized spacial score (nSPS) is 11.8. The molecule has 0 N–H and O–H groups in total. The number of rotatable bonds is 4. The molecule has 0 aliphatic carbocycles. The molecular formula is C46H29NO. The van der Waals surface area contributed by atoms with Gasteiger partial charge in [0, 0.05) is 33.6 Å². The summed E-state index contributed by atoms with van der Waals surface area (Å²) in [5.74, 6) is 0. The SMILES string of the molecule is c1ccc(N(c2ccc3c(c2)oc2cc4ccccc4cc23)c2ccc(-c3cc4ccccc4c4ccccc34)c3ccccc23)cc1. The van der Waals surface area contributed by atoms with E-state index in [1.165, 1.54) is 54.2 Å². The van der Waals surface area contributed by atoms with Crippen molar-refractivity contribution in [3.63, 3.8) is 0 Å². The lowest BCUT2D eigenvalue weighted by atomic mass is 9.90. The van der Waals surface area contributed by atoms with Crippen LogP contribution in [0.2, 0.25) is 0 Å². The van der Waals surface area contributed by atoms with Crippen LogP contribution in [0.3, 0.4) is 0 Å². The Balaban J connectivity index is 1.20. The van der Waals surface area contributed by atoms with E-state index < -0.39 is 0 Å². The molecule has 2 heteroatoms. The van der Waals surface area contributed by atoms with Gasteiger partial charge in [0.05, 0.1) is 5.69 Å². The summed E-state index contributed by atoms with van der Waals surface area (Å²) in [6, 6.07) is 63.3. The smallest absolute Gasteiger partial charge is 0.137 e. The van der Waals surface area contributed by atoms with Crippen LogP contribution < -0.4 is 4.90 Å². The van der Waals surface area contributed by atoms with Crippen molar-refractivity contribution in [3.8, 4) is 11.1 Å². The van der Waals surface area contributed by atoms with Crippen LogP contribution in [0.5, 0.6) is 0 Å². The van der Waals surface area contributed by atoms with Crippen LogP contribution in [0.25, 0.3) is 76.2 Å². The van der Waals surface area contributed by atoms with Gasteiger partial charge in [0.1, 0.15) is 11.2 Å². The monoisotopic (exact) mass is 611 g/mol. The van der Waals surface area contributed by atoms with Gasteiger partial charge < -0.3 is 9.32 Å². The van der Waals surface area contributed by atoms with E-state index in [1.54, 1.807) is 0 Å². The molecular weight excluding hydrogens is 583 g/mol. The second kappa shape index (κ2) is 10.6. The predicted octanol–water partition coefficient (Wildman–Crippen LogP) is 13.3. The molecule has 0 saturated carbocycles. The second-order valence-corrected chi connectivity index (χ2v) is 12.5. The van der Waals surface area contributed by atoms with Gasteiger partial charge in [0.25, 0.3) is 0 Å². The lowest BCUT2D eigenvalue weighted by molar-refractivity contribution is 0.669. The van der Waals surface area contributed by atoms with Crippen molar-refractivity contribution in [1.29, 1.82) is 0 Å². The lowest BCUT2D eigenvalue weighted by Crippen LogP contribution is -2.10. The highest BCUT2D eigenvalue weighted by Crippen LogP contribution is 2.45. The van der Waals surface area contributed by atoms with Crippen molar-refractivity contribution >= 4 is 82.1 Å². The zero-order valence-electron chi connectivity index (χ0n) is 26.1. The molecule has 0 radical (unpaired) electrons. The maximum atomic E-state index is 6.54. The van der Waals surface area contributed by atoms with Crippen LogP contribution in [0.4, 0.5) is 17.1 Å². The Morgan fingerprint density at radius 1 is 0.312 bits per heavy atom. The largest absolute Gasteiger partial charge is 0.456 e. The quantitative estimate of drug-likeness (QED) is 0.184. The van der Waals surface area contributed by atoms with Gasteiger partial charge in [0.2, 0.25) is 0 Å². The molecule has 10 rings (SSSR count). The Morgan fingerprint density at radius 3 is 1.71 bits per heavy atom. The summed E-state index contributed by atoms with van der Waals surface area (Å²) in [7, 11) is 0. The summed E-state index contributed by atoms with van der Waals surface area (Å²) in [6.07, 6.45) is 0. The second-order valence-electron chi connectivity index (χ2n) is 12.5. The Kier molecular flexibility index (Phi) is 5.91. The summed E-state index contributed by atoms with van der Waals surface area (Å²) in [6.45, 7) is 0. The highest BCUT2D eigenvalue weighted by Gasteiger charge is 2.20. The van der Waals surface area contributed by atoms with E-state index in [0.717, 1.165) is 39.0 Å². The van der Waals surface area contributed by atoms with E-state index in [2.05, 4.69) is 181 Å². The third kappa shape index (κ3) is 4.13. The summed E-state index contributed by atoms with van der Waals surface area (Å²) in [4.78, 5) is 2.35. The van der Waals surface area contributed by atoms with Gasteiger partial charge in [-0.3, -0.25) is 0 Å². The maximum Gasteiger partial charge on any atom is 0.137 e. The van der Waals surface area contributed by atoms with Gasteiger partial charge in [-0.15, -0.1) is 0 Å². The van der Waals surface area contributed by atoms with Crippen LogP contribution in [-0.2, 0) is 0 Å². The number of para-hydroxylation sites is 1. The van der Waals surface area contributed by atoms with Crippen LogP contribution in [0.15, 0.2) is 180 Å². The van der Waals surface area contributed by atoms with E-state index in [0.29, 0.717) is 0 Å². The first-order valence-electron chi connectivity index (χ1n) is 16.4. The van der Waals surface area contributed by atoms with Crippen LogP contribution in [-0.4, -0.2) is 0 Å². The molecule has 0 fully saturated rings. The van der Waals surface area contributed by atoms with Crippen molar-refractivity contribution in [3.05, 3.63) is 176 Å². The topological polar surface area (TPSA) is 16.4 Å². The van der Waals surface area contributed by atoms with Gasteiger partial charge in [-0.1, -0.05) is 121 Å². The van der Waals surface area contributed by atoms with Crippen LogP contribution in [0.1, 0.15) is 0 Å². The van der Waals surface area contributed by atoms with Crippen molar-refractivity contribution in [2.45, 2.75) is 0 Å². The van der Waals surface area contributed by atoms with Gasteiger partial charge in [0.15, 0.2) is 0 Å². The summed E-state index contributed by atoms with van der Waals surface area (Å²) in [5, 5.41) is 12.1. The molecule has 9 aromatic carbocycles. The molecule has 0 saturated heterocycles. The van der Waals surface area contributed by atoms with E-state index in [9.17, 15) is 0 Å². The molecule has 0 amide bonds. The minimum atomic E-state index is 0.877. The summed E-state index contributed by atoms with van der Waals surface area (Å²) in [5.41, 5.74) is 7.51. The molecule has 0 atom stereocenters. The number of benzene rings is 9. The first-order chi connectivity index (χ1) is 23.8. The third-order valence-electron chi connectivity index (χ3n) is 9.80. The molecule has 2 nitrogen and oxygen atoms in total.